The van der Waals surface area contributed by atoms with Crippen LogP contribution < -0.4 is 11.1 Å². The maximum absolute atomic E-state index is 13.4. The van der Waals surface area contributed by atoms with Gasteiger partial charge in [-0.1, -0.05) is 42.5 Å². The molecule has 6 rings (SSSR count). The third kappa shape index (κ3) is 2.58. The molecule has 2 aromatic carbocycles. The minimum absolute atomic E-state index is 0.143. The van der Waals surface area contributed by atoms with Gasteiger partial charge in [-0.2, -0.15) is 5.10 Å². The summed E-state index contributed by atoms with van der Waals surface area (Å²) in [5.41, 5.74) is 13.8. The zero-order valence-corrected chi connectivity index (χ0v) is 17.3. The van der Waals surface area contributed by atoms with Crippen LogP contribution in [0, 0.1) is 0 Å². The summed E-state index contributed by atoms with van der Waals surface area (Å²) in [6.07, 6.45) is 5.23. The Hall–Kier alpha value is -4.39. The average Bonchev–Trinajstić information content (AvgIpc) is 3.51. The van der Waals surface area contributed by atoms with Crippen LogP contribution in [0.15, 0.2) is 73.2 Å². The Kier molecular flexibility index (Phi) is 3.91. The molecule has 0 aliphatic heterocycles. The number of pyridine rings is 1. The first-order chi connectivity index (χ1) is 15.6. The number of nitrogens with one attached hydrogen (secondary N) is 2. The molecule has 4 N–H and O–H groups in total. The number of aromatic nitrogens is 4. The van der Waals surface area contributed by atoms with Gasteiger partial charge >= 0.3 is 0 Å². The van der Waals surface area contributed by atoms with E-state index in [1.807, 2.05) is 31.3 Å². The SMILES string of the molecule is Cn1ncc(-c2cccc3c2-c2ccccc2C3NC(=O)c2ccnc3[nH]ccc23)c1N. The second-order valence-corrected chi connectivity index (χ2v) is 7.93. The summed E-state index contributed by atoms with van der Waals surface area (Å²) in [6, 6.07) is 17.6. The lowest BCUT2D eigenvalue weighted by Gasteiger charge is -2.17. The molecule has 1 aliphatic carbocycles. The topological polar surface area (TPSA) is 102 Å². The van der Waals surface area contributed by atoms with Crippen molar-refractivity contribution in [1.29, 1.82) is 0 Å². The number of fused-ring (bicyclic) bond motifs is 4. The summed E-state index contributed by atoms with van der Waals surface area (Å²) in [4.78, 5) is 20.7. The standard InChI is InChI=1S/C25H20N6O/c1-31-23(26)20(13-29-31)15-7-4-8-19-21(15)14-5-2-3-6-16(14)22(19)30-25(32)18-10-12-28-24-17(18)9-11-27-24/h2-13,22H,26H2,1H3,(H,27,28)(H,30,32). The van der Waals surface area contributed by atoms with E-state index in [1.165, 1.54) is 0 Å². The van der Waals surface area contributed by atoms with Crippen LogP contribution >= 0.6 is 0 Å². The number of hydrogen-bond donors (Lipinski definition) is 3. The highest BCUT2D eigenvalue weighted by atomic mass is 16.1. The van der Waals surface area contributed by atoms with Crippen LogP contribution in [0.4, 0.5) is 5.82 Å². The average molecular weight is 420 g/mol. The normalized spacial score (nSPS) is 14.3. The predicted octanol–water partition coefficient (Wildman–Crippen LogP) is 4.05. The minimum Gasteiger partial charge on any atom is -0.383 e. The molecule has 1 atom stereocenters. The maximum Gasteiger partial charge on any atom is 0.252 e. The maximum atomic E-state index is 13.4. The molecule has 0 spiro atoms. The zero-order chi connectivity index (χ0) is 21.8. The Morgan fingerprint density at radius 2 is 1.84 bits per heavy atom. The van der Waals surface area contributed by atoms with E-state index in [0.717, 1.165) is 38.8 Å². The molecular weight excluding hydrogens is 400 g/mol. The van der Waals surface area contributed by atoms with Crippen LogP contribution in [0.1, 0.15) is 27.5 Å². The van der Waals surface area contributed by atoms with Crippen molar-refractivity contribution in [3.63, 3.8) is 0 Å². The van der Waals surface area contributed by atoms with Crippen LogP contribution in [0.3, 0.4) is 0 Å². The number of benzene rings is 2. The Labute approximate surface area is 183 Å². The Balaban J connectivity index is 1.49. The molecule has 0 fully saturated rings. The van der Waals surface area contributed by atoms with Crippen molar-refractivity contribution in [2.24, 2.45) is 7.05 Å². The number of carbonyl (C=O) groups excluding carboxylic acids is 1. The first-order valence-corrected chi connectivity index (χ1v) is 10.4. The molecule has 0 radical (unpaired) electrons. The molecular formula is C25H20N6O. The summed E-state index contributed by atoms with van der Waals surface area (Å²) in [5.74, 6) is 0.464. The quantitative estimate of drug-likeness (QED) is 0.410. The second kappa shape index (κ2) is 6.81. The molecule has 7 heteroatoms. The van der Waals surface area contributed by atoms with E-state index in [1.54, 1.807) is 29.3 Å². The van der Waals surface area contributed by atoms with E-state index < -0.39 is 0 Å². The Morgan fingerprint density at radius 3 is 2.69 bits per heavy atom. The van der Waals surface area contributed by atoms with E-state index >= 15 is 0 Å². The Morgan fingerprint density at radius 1 is 1.03 bits per heavy atom. The number of nitrogens with zero attached hydrogens (tertiary/aromatic N) is 3. The van der Waals surface area contributed by atoms with Gasteiger partial charge in [0.25, 0.3) is 5.91 Å². The number of nitrogens with two attached hydrogens (primary N) is 1. The molecule has 1 aliphatic rings. The molecule has 156 valence electrons. The zero-order valence-electron chi connectivity index (χ0n) is 17.3. The molecule has 0 bridgehead atoms. The molecule has 5 aromatic rings. The van der Waals surface area contributed by atoms with Gasteiger partial charge in [-0.15, -0.1) is 0 Å². The fourth-order valence-electron chi connectivity index (χ4n) is 4.66. The van der Waals surface area contributed by atoms with Crippen molar-refractivity contribution in [1.82, 2.24) is 25.1 Å². The van der Waals surface area contributed by atoms with E-state index in [9.17, 15) is 4.79 Å². The molecule has 3 heterocycles. The number of anilines is 1. The first kappa shape index (κ1) is 18.4. The van der Waals surface area contributed by atoms with Gasteiger partial charge in [0.05, 0.1) is 17.8 Å². The predicted molar refractivity (Wildman–Crippen MR) is 124 cm³/mol. The molecule has 7 nitrogen and oxygen atoms in total. The van der Waals surface area contributed by atoms with Gasteiger partial charge in [0.2, 0.25) is 0 Å². The van der Waals surface area contributed by atoms with Crippen LogP contribution in [-0.4, -0.2) is 25.7 Å². The second-order valence-electron chi connectivity index (χ2n) is 7.93. The van der Waals surface area contributed by atoms with E-state index in [0.29, 0.717) is 17.0 Å². The van der Waals surface area contributed by atoms with Crippen molar-refractivity contribution < 1.29 is 4.79 Å². The molecule has 0 saturated carbocycles. The first-order valence-electron chi connectivity index (χ1n) is 10.4. The van der Waals surface area contributed by atoms with Crippen LogP contribution in [0.5, 0.6) is 0 Å². The van der Waals surface area contributed by atoms with Gasteiger partial charge in [-0.25, -0.2) is 4.98 Å². The van der Waals surface area contributed by atoms with E-state index in [-0.39, 0.29) is 11.9 Å². The lowest BCUT2D eigenvalue weighted by molar-refractivity contribution is 0.0945. The van der Waals surface area contributed by atoms with Crippen LogP contribution in [-0.2, 0) is 7.05 Å². The Bertz CT molecular complexity index is 1510. The molecule has 32 heavy (non-hydrogen) atoms. The lowest BCUT2D eigenvalue weighted by atomic mass is 9.95. The van der Waals surface area contributed by atoms with Crippen molar-refractivity contribution in [2.45, 2.75) is 6.04 Å². The highest BCUT2D eigenvalue weighted by molar-refractivity contribution is 6.06. The molecule has 3 aromatic heterocycles. The fourth-order valence-corrected chi connectivity index (χ4v) is 4.66. The summed E-state index contributed by atoms with van der Waals surface area (Å²) in [6.45, 7) is 0. The number of amides is 1. The number of hydrogen-bond acceptors (Lipinski definition) is 4. The summed E-state index contributed by atoms with van der Waals surface area (Å²) in [5, 5.41) is 8.37. The summed E-state index contributed by atoms with van der Waals surface area (Å²) in [7, 11) is 1.83. The number of aryl methyl sites for hydroxylation is 1. The number of H-pyrrole nitrogens is 1. The van der Waals surface area contributed by atoms with Gasteiger partial charge in [0.1, 0.15) is 11.5 Å². The van der Waals surface area contributed by atoms with Gasteiger partial charge in [0, 0.05) is 30.4 Å². The van der Waals surface area contributed by atoms with Gasteiger partial charge < -0.3 is 16.0 Å². The summed E-state index contributed by atoms with van der Waals surface area (Å²) < 4.78 is 1.67. The number of aromatic amines is 1. The molecule has 1 amide bonds. The van der Waals surface area contributed by atoms with Crippen LogP contribution in [0.25, 0.3) is 33.3 Å². The van der Waals surface area contributed by atoms with Gasteiger partial charge in [-0.05, 0) is 39.9 Å². The van der Waals surface area contributed by atoms with Gasteiger partial charge in [-0.3, -0.25) is 9.48 Å². The van der Waals surface area contributed by atoms with E-state index in [2.05, 4.69) is 44.6 Å². The third-order valence-electron chi connectivity index (χ3n) is 6.20. The molecule has 0 saturated heterocycles. The third-order valence-corrected chi connectivity index (χ3v) is 6.20. The van der Waals surface area contributed by atoms with E-state index in [4.69, 9.17) is 5.73 Å². The number of rotatable bonds is 3. The highest BCUT2D eigenvalue weighted by Crippen LogP contribution is 2.48. The van der Waals surface area contributed by atoms with Crippen molar-refractivity contribution >= 4 is 22.8 Å². The number of nitrogen functional groups attached to an aromatic ring is 1. The number of carbonyl (C=O) groups is 1. The van der Waals surface area contributed by atoms with Crippen molar-refractivity contribution in [2.75, 3.05) is 5.73 Å². The highest BCUT2D eigenvalue weighted by Gasteiger charge is 2.32. The van der Waals surface area contributed by atoms with Crippen molar-refractivity contribution in [3.8, 4) is 22.3 Å². The monoisotopic (exact) mass is 420 g/mol. The van der Waals surface area contributed by atoms with Crippen LogP contribution in [0.2, 0.25) is 0 Å². The van der Waals surface area contributed by atoms with Gasteiger partial charge in [0.15, 0.2) is 0 Å². The smallest absolute Gasteiger partial charge is 0.252 e. The summed E-state index contributed by atoms with van der Waals surface area (Å²) >= 11 is 0. The minimum atomic E-state index is -0.270. The lowest BCUT2D eigenvalue weighted by Crippen LogP contribution is -2.28. The largest absolute Gasteiger partial charge is 0.383 e. The molecule has 1 unspecified atom stereocenters. The van der Waals surface area contributed by atoms with Crippen molar-refractivity contribution in [3.05, 3.63) is 89.9 Å². The fraction of sp³-hybridized carbons (Fsp3) is 0.0800.